The SMILES string of the molecule is O=C(NCC(O)c1ccco1)c1ccc(S(=O)(=O)C(F)F)cc1. The van der Waals surface area contributed by atoms with E-state index in [1.807, 2.05) is 0 Å². The van der Waals surface area contributed by atoms with Crippen LogP contribution in [0.1, 0.15) is 22.2 Å². The number of nitrogens with one attached hydrogen (secondary N) is 1. The van der Waals surface area contributed by atoms with Gasteiger partial charge in [-0.05, 0) is 36.4 Å². The van der Waals surface area contributed by atoms with Crippen LogP contribution in [-0.2, 0) is 9.84 Å². The first-order chi connectivity index (χ1) is 10.8. The number of furan rings is 1. The number of aliphatic hydroxyl groups excluding tert-OH is 1. The molecule has 6 nitrogen and oxygen atoms in total. The summed E-state index contributed by atoms with van der Waals surface area (Å²) in [7, 11) is -4.69. The lowest BCUT2D eigenvalue weighted by molar-refractivity contribution is 0.0901. The Balaban J connectivity index is 2.01. The quantitative estimate of drug-likeness (QED) is 0.831. The number of aliphatic hydroxyl groups is 1. The van der Waals surface area contributed by atoms with Crippen molar-refractivity contribution in [1.82, 2.24) is 5.32 Å². The zero-order valence-corrected chi connectivity index (χ0v) is 12.5. The fourth-order valence-corrected chi connectivity index (χ4v) is 2.49. The molecule has 0 aliphatic heterocycles. The van der Waals surface area contributed by atoms with E-state index in [1.165, 1.54) is 6.26 Å². The van der Waals surface area contributed by atoms with Crippen LogP contribution >= 0.6 is 0 Å². The summed E-state index contributed by atoms with van der Waals surface area (Å²) in [6.45, 7) is -0.122. The largest absolute Gasteiger partial charge is 0.467 e. The normalized spacial score (nSPS) is 13.0. The summed E-state index contributed by atoms with van der Waals surface area (Å²) in [4.78, 5) is 11.3. The Kier molecular flexibility index (Phi) is 5.12. The van der Waals surface area contributed by atoms with Crippen LogP contribution in [0, 0.1) is 0 Å². The molecular weight excluding hydrogens is 332 g/mol. The molecule has 0 saturated heterocycles. The third kappa shape index (κ3) is 3.93. The average Bonchev–Trinajstić information content (AvgIpc) is 3.06. The molecule has 0 spiro atoms. The van der Waals surface area contributed by atoms with Crippen molar-refractivity contribution in [2.75, 3.05) is 6.54 Å². The number of alkyl halides is 2. The van der Waals surface area contributed by atoms with E-state index in [0.717, 1.165) is 24.3 Å². The molecule has 0 saturated carbocycles. The molecule has 1 heterocycles. The molecule has 0 aliphatic carbocycles. The van der Waals surface area contributed by atoms with Crippen molar-refractivity contribution in [1.29, 1.82) is 0 Å². The van der Waals surface area contributed by atoms with E-state index in [4.69, 9.17) is 4.42 Å². The predicted molar refractivity (Wildman–Crippen MR) is 75.6 cm³/mol. The van der Waals surface area contributed by atoms with Crippen molar-refractivity contribution in [2.24, 2.45) is 0 Å². The number of sulfone groups is 1. The van der Waals surface area contributed by atoms with E-state index >= 15 is 0 Å². The van der Waals surface area contributed by atoms with Crippen LogP contribution in [0.5, 0.6) is 0 Å². The van der Waals surface area contributed by atoms with Crippen molar-refractivity contribution < 1.29 is 31.5 Å². The van der Waals surface area contributed by atoms with Gasteiger partial charge in [0.05, 0.1) is 17.7 Å². The highest BCUT2D eigenvalue weighted by Gasteiger charge is 2.26. The van der Waals surface area contributed by atoms with Gasteiger partial charge in [-0.15, -0.1) is 0 Å². The minimum Gasteiger partial charge on any atom is -0.467 e. The van der Waals surface area contributed by atoms with Gasteiger partial charge in [0, 0.05) is 5.56 Å². The standard InChI is InChI=1S/C14H13F2NO5S/c15-14(16)23(20,21)10-5-3-9(4-6-10)13(19)17-8-11(18)12-2-1-7-22-12/h1-7,11,14,18H,8H2,(H,17,19). The molecule has 1 unspecified atom stereocenters. The second kappa shape index (κ2) is 6.88. The Morgan fingerprint density at radius 3 is 2.39 bits per heavy atom. The lowest BCUT2D eigenvalue weighted by atomic mass is 10.2. The molecule has 2 aromatic rings. The molecule has 9 heteroatoms. The Morgan fingerprint density at radius 2 is 1.87 bits per heavy atom. The molecule has 23 heavy (non-hydrogen) atoms. The summed E-state index contributed by atoms with van der Waals surface area (Å²) >= 11 is 0. The summed E-state index contributed by atoms with van der Waals surface area (Å²) in [5, 5.41) is 12.2. The zero-order chi connectivity index (χ0) is 17.0. The smallest absolute Gasteiger partial charge is 0.341 e. The summed E-state index contributed by atoms with van der Waals surface area (Å²) in [5.74, 6) is -3.83. The summed E-state index contributed by atoms with van der Waals surface area (Å²) < 4.78 is 52.3. The van der Waals surface area contributed by atoms with Crippen LogP contribution < -0.4 is 5.32 Å². The highest BCUT2D eigenvalue weighted by Crippen LogP contribution is 2.18. The molecule has 0 fully saturated rings. The molecule has 1 aromatic heterocycles. The van der Waals surface area contributed by atoms with Crippen molar-refractivity contribution in [3.8, 4) is 0 Å². The van der Waals surface area contributed by atoms with Gasteiger partial charge < -0.3 is 14.8 Å². The maximum atomic E-state index is 12.4. The lowest BCUT2D eigenvalue weighted by Crippen LogP contribution is -2.28. The van der Waals surface area contributed by atoms with Gasteiger partial charge in [-0.1, -0.05) is 0 Å². The molecule has 1 atom stereocenters. The molecular formula is C14H13F2NO5S. The highest BCUT2D eigenvalue weighted by molar-refractivity contribution is 7.91. The summed E-state index contributed by atoms with van der Waals surface area (Å²) in [5.41, 5.74) is 0.0739. The third-order valence-electron chi connectivity index (χ3n) is 3.01. The second-order valence-corrected chi connectivity index (χ2v) is 6.49. The van der Waals surface area contributed by atoms with Gasteiger partial charge in [-0.3, -0.25) is 4.79 Å². The highest BCUT2D eigenvalue weighted by atomic mass is 32.2. The molecule has 124 valence electrons. The van der Waals surface area contributed by atoms with E-state index in [1.54, 1.807) is 12.1 Å². The molecule has 0 aliphatic rings. The Bertz CT molecular complexity index is 757. The first-order valence-electron chi connectivity index (χ1n) is 6.44. The van der Waals surface area contributed by atoms with Crippen molar-refractivity contribution in [3.63, 3.8) is 0 Å². The number of hydrogen-bond donors (Lipinski definition) is 2. The summed E-state index contributed by atoms with van der Waals surface area (Å²) in [6, 6.07) is 7.22. The van der Waals surface area contributed by atoms with Gasteiger partial charge in [0.2, 0.25) is 9.84 Å². The van der Waals surface area contributed by atoms with Crippen molar-refractivity contribution >= 4 is 15.7 Å². The lowest BCUT2D eigenvalue weighted by Gasteiger charge is -2.10. The number of carbonyl (C=O) groups excluding carboxylic acids is 1. The van der Waals surface area contributed by atoms with Crippen LogP contribution in [0.3, 0.4) is 0 Å². The van der Waals surface area contributed by atoms with E-state index in [2.05, 4.69) is 5.32 Å². The number of benzene rings is 1. The summed E-state index contributed by atoms with van der Waals surface area (Å²) in [6.07, 6.45) is 0.343. The van der Waals surface area contributed by atoms with Gasteiger partial charge in [0.25, 0.3) is 5.91 Å². The van der Waals surface area contributed by atoms with Crippen molar-refractivity contribution in [2.45, 2.75) is 16.8 Å². The monoisotopic (exact) mass is 345 g/mol. The molecule has 2 N–H and O–H groups in total. The van der Waals surface area contributed by atoms with Gasteiger partial charge in [0.1, 0.15) is 11.9 Å². The van der Waals surface area contributed by atoms with E-state index in [9.17, 15) is 27.1 Å². The second-order valence-electron chi connectivity index (χ2n) is 4.57. The van der Waals surface area contributed by atoms with E-state index in [-0.39, 0.29) is 17.9 Å². The Labute approximate surface area is 130 Å². The van der Waals surface area contributed by atoms with Gasteiger partial charge in [-0.2, -0.15) is 8.78 Å². The number of hydrogen-bond acceptors (Lipinski definition) is 5. The van der Waals surface area contributed by atoms with E-state index in [0.29, 0.717) is 0 Å². The van der Waals surface area contributed by atoms with Crippen LogP contribution in [0.4, 0.5) is 8.78 Å². The van der Waals surface area contributed by atoms with Crippen LogP contribution in [0.2, 0.25) is 0 Å². The number of amides is 1. The predicted octanol–water partition coefficient (Wildman–Crippen LogP) is 1.74. The number of rotatable bonds is 6. The fraction of sp³-hybridized carbons (Fsp3) is 0.214. The first kappa shape index (κ1) is 17.1. The molecule has 1 aromatic carbocycles. The van der Waals surface area contributed by atoms with Gasteiger partial charge in [-0.25, -0.2) is 8.42 Å². The molecule has 1 amide bonds. The number of halogens is 2. The van der Waals surface area contributed by atoms with Crippen LogP contribution in [0.25, 0.3) is 0 Å². The minimum atomic E-state index is -4.69. The van der Waals surface area contributed by atoms with E-state index < -0.39 is 32.5 Å². The maximum Gasteiger partial charge on any atom is 0.341 e. The fourth-order valence-electron chi connectivity index (χ4n) is 1.77. The molecule has 2 rings (SSSR count). The topological polar surface area (TPSA) is 96.6 Å². The zero-order valence-electron chi connectivity index (χ0n) is 11.6. The van der Waals surface area contributed by atoms with Crippen LogP contribution in [0.15, 0.2) is 52.0 Å². The number of carbonyl (C=O) groups is 1. The van der Waals surface area contributed by atoms with Gasteiger partial charge in [0.15, 0.2) is 0 Å². The van der Waals surface area contributed by atoms with Gasteiger partial charge >= 0.3 is 5.76 Å². The molecule has 0 radical (unpaired) electrons. The average molecular weight is 345 g/mol. The maximum absolute atomic E-state index is 12.4. The van der Waals surface area contributed by atoms with Crippen molar-refractivity contribution in [3.05, 3.63) is 54.0 Å². The first-order valence-corrected chi connectivity index (χ1v) is 7.99. The van der Waals surface area contributed by atoms with Crippen LogP contribution in [-0.4, -0.2) is 31.7 Å². The Morgan fingerprint density at radius 1 is 1.22 bits per heavy atom. The Hall–Kier alpha value is -2.26. The third-order valence-corrected chi connectivity index (χ3v) is 4.41. The molecule has 0 bridgehead atoms. The minimum absolute atomic E-state index is 0.0739.